The number of alkyl halides is 3. The standard InChI is InChI=1S/C17H27F3/c1-7-12(4)14(6)10-15(9-3)11-16(13(5)8-2)17(18,19)20/h10-13H,6-9H2,1-5H3/b15-10-,16-11+. The van der Waals surface area contributed by atoms with Crippen LogP contribution in [-0.4, -0.2) is 6.18 Å². The Morgan fingerprint density at radius 2 is 1.50 bits per heavy atom. The molecule has 0 aliphatic carbocycles. The average molecular weight is 288 g/mol. The molecule has 0 saturated carbocycles. The normalized spacial score (nSPS) is 17.0. The van der Waals surface area contributed by atoms with Gasteiger partial charge in [-0.3, -0.25) is 0 Å². The quantitative estimate of drug-likeness (QED) is 0.471. The zero-order chi connectivity index (χ0) is 15.9. The number of halogens is 3. The molecule has 0 aromatic carbocycles. The Morgan fingerprint density at radius 1 is 1.00 bits per heavy atom. The van der Waals surface area contributed by atoms with Crippen LogP contribution in [0.15, 0.2) is 35.5 Å². The maximum Gasteiger partial charge on any atom is 0.412 e. The Bertz CT molecular complexity index is 372. The van der Waals surface area contributed by atoms with E-state index in [1.54, 1.807) is 13.8 Å². The molecule has 0 heterocycles. The van der Waals surface area contributed by atoms with Gasteiger partial charge in [0.2, 0.25) is 0 Å². The van der Waals surface area contributed by atoms with Crippen LogP contribution in [0.1, 0.15) is 53.9 Å². The van der Waals surface area contributed by atoms with Crippen molar-refractivity contribution in [3.63, 3.8) is 0 Å². The molecule has 3 heteroatoms. The minimum Gasteiger partial charge on any atom is -0.166 e. The first kappa shape index (κ1) is 19.0. The summed E-state index contributed by atoms with van der Waals surface area (Å²) in [5.41, 5.74) is 1.15. The molecule has 0 saturated heterocycles. The van der Waals surface area contributed by atoms with Gasteiger partial charge in [-0.25, -0.2) is 0 Å². The van der Waals surface area contributed by atoms with Crippen LogP contribution in [-0.2, 0) is 0 Å². The lowest BCUT2D eigenvalue weighted by Gasteiger charge is -2.18. The van der Waals surface area contributed by atoms with E-state index in [0.717, 1.165) is 12.0 Å². The van der Waals surface area contributed by atoms with Crippen molar-refractivity contribution in [3.8, 4) is 0 Å². The predicted molar refractivity (Wildman–Crippen MR) is 80.6 cm³/mol. The monoisotopic (exact) mass is 288 g/mol. The molecule has 0 aliphatic rings. The molecule has 116 valence electrons. The summed E-state index contributed by atoms with van der Waals surface area (Å²) in [5, 5.41) is 0. The molecule has 0 aromatic heterocycles. The Labute approximate surface area is 121 Å². The smallest absolute Gasteiger partial charge is 0.166 e. The molecule has 0 aromatic rings. The molecule has 0 radical (unpaired) electrons. The van der Waals surface area contributed by atoms with E-state index >= 15 is 0 Å². The summed E-state index contributed by atoms with van der Waals surface area (Å²) in [6.07, 6.45) is 0.846. The highest BCUT2D eigenvalue weighted by Crippen LogP contribution is 2.34. The van der Waals surface area contributed by atoms with Crippen LogP contribution in [0.4, 0.5) is 13.2 Å². The molecule has 0 fully saturated rings. The van der Waals surface area contributed by atoms with Gasteiger partial charge < -0.3 is 0 Å². The number of hydrogen-bond donors (Lipinski definition) is 0. The van der Waals surface area contributed by atoms with Crippen LogP contribution in [0.25, 0.3) is 0 Å². The van der Waals surface area contributed by atoms with Crippen LogP contribution >= 0.6 is 0 Å². The van der Waals surface area contributed by atoms with Crippen LogP contribution in [0, 0.1) is 11.8 Å². The van der Waals surface area contributed by atoms with Crippen molar-refractivity contribution in [2.45, 2.75) is 60.1 Å². The summed E-state index contributed by atoms with van der Waals surface area (Å²) in [6, 6.07) is 0. The summed E-state index contributed by atoms with van der Waals surface area (Å²) in [4.78, 5) is 0. The van der Waals surface area contributed by atoms with E-state index in [0.29, 0.717) is 24.3 Å². The molecular weight excluding hydrogens is 261 g/mol. The van der Waals surface area contributed by atoms with Gasteiger partial charge in [0.05, 0.1) is 0 Å². The number of rotatable bonds is 7. The van der Waals surface area contributed by atoms with Crippen molar-refractivity contribution in [3.05, 3.63) is 35.5 Å². The molecule has 2 unspecified atom stereocenters. The molecule has 0 bridgehead atoms. The van der Waals surface area contributed by atoms with Gasteiger partial charge in [-0.2, -0.15) is 13.2 Å². The van der Waals surface area contributed by atoms with Gasteiger partial charge in [0.1, 0.15) is 0 Å². The summed E-state index contributed by atoms with van der Waals surface area (Å²) in [6.45, 7) is 13.3. The average Bonchev–Trinajstić information content (AvgIpc) is 2.39. The van der Waals surface area contributed by atoms with Crippen molar-refractivity contribution >= 4 is 0 Å². The Balaban J connectivity index is 5.46. The van der Waals surface area contributed by atoms with Crippen molar-refractivity contribution in [1.82, 2.24) is 0 Å². The molecule has 20 heavy (non-hydrogen) atoms. The summed E-state index contributed by atoms with van der Waals surface area (Å²) in [7, 11) is 0. The Kier molecular flexibility index (Phi) is 7.92. The van der Waals surface area contributed by atoms with E-state index in [9.17, 15) is 13.2 Å². The predicted octanol–water partition coefficient (Wildman–Crippen LogP) is 6.46. The van der Waals surface area contributed by atoms with Gasteiger partial charge in [0.25, 0.3) is 0 Å². The van der Waals surface area contributed by atoms with Gasteiger partial charge in [0.15, 0.2) is 0 Å². The van der Waals surface area contributed by atoms with Gasteiger partial charge in [0, 0.05) is 5.57 Å². The molecule has 2 atom stereocenters. The van der Waals surface area contributed by atoms with Crippen molar-refractivity contribution in [2.24, 2.45) is 11.8 Å². The lowest BCUT2D eigenvalue weighted by molar-refractivity contribution is -0.0985. The summed E-state index contributed by atoms with van der Waals surface area (Å²) >= 11 is 0. The fourth-order valence-corrected chi connectivity index (χ4v) is 1.81. The van der Waals surface area contributed by atoms with Crippen LogP contribution in [0.3, 0.4) is 0 Å². The zero-order valence-electron chi connectivity index (χ0n) is 13.3. The third-order valence-electron chi connectivity index (χ3n) is 3.84. The second-order valence-corrected chi connectivity index (χ2v) is 5.36. The van der Waals surface area contributed by atoms with Crippen LogP contribution < -0.4 is 0 Å². The van der Waals surface area contributed by atoms with E-state index in [2.05, 4.69) is 6.58 Å². The number of allylic oxidation sites excluding steroid dienone is 5. The van der Waals surface area contributed by atoms with E-state index in [1.807, 2.05) is 26.8 Å². The lowest BCUT2D eigenvalue weighted by Crippen LogP contribution is -2.18. The first-order chi connectivity index (χ1) is 9.17. The first-order valence-corrected chi connectivity index (χ1v) is 7.35. The highest BCUT2D eigenvalue weighted by Gasteiger charge is 2.36. The van der Waals surface area contributed by atoms with Gasteiger partial charge >= 0.3 is 6.18 Å². The van der Waals surface area contributed by atoms with Crippen molar-refractivity contribution in [1.29, 1.82) is 0 Å². The topological polar surface area (TPSA) is 0 Å². The molecular formula is C17H27F3. The summed E-state index contributed by atoms with van der Waals surface area (Å²) in [5.74, 6) is -0.190. The maximum absolute atomic E-state index is 13.1. The van der Waals surface area contributed by atoms with E-state index in [1.165, 1.54) is 6.08 Å². The molecule has 0 amide bonds. The molecule has 0 N–H and O–H groups in total. The molecule has 0 aliphatic heterocycles. The van der Waals surface area contributed by atoms with E-state index in [-0.39, 0.29) is 0 Å². The van der Waals surface area contributed by atoms with Crippen LogP contribution in [0.5, 0.6) is 0 Å². The Morgan fingerprint density at radius 3 is 1.85 bits per heavy atom. The second-order valence-electron chi connectivity index (χ2n) is 5.36. The number of hydrogen-bond acceptors (Lipinski definition) is 0. The fraction of sp³-hybridized carbons (Fsp3) is 0.647. The first-order valence-electron chi connectivity index (χ1n) is 7.35. The Hall–Kier alpha value is -0.990. The summed E-state index contributed by atoms with van der Waals surface area (Å²) < 4.78 is 39.3. The second kappa shape index (κ2) is 8.33. The lowest BCUT2D eigenvalue weighted by atomic mass is 9.92. The third kappa shape index (κ3) is 5.98. The molecule has 0 rings (SSSR count). The van der Waals surface area contributed by atoms with E-state index in [4.69, 9.17) is 0 Å². The molecule has 0 nitrogen and oxygen atoms in total. The maximum atomic E-state index is 13.1. The van der Waals surface area contributed by atoms with Crippen molar-refractivity contribution < 1.29 is 13.2 Å². The minimum absolute atomic E-state index is 0.294. The van der Waals surface area contributed by atoms with Crippen molar-refractivity contribution in [2.75, 3.05) is 0 Å². The molecule has 0 spiro atoms. The van der Waals surface area contributed by atoms with Gasteiger partial charge in [-0.1, -0.05) is 58.9 Å². The zero-order valence-corrected chi connectivity index (χ0v) is 13.3. The van der Waals surface area contributed by atoms with Gasteiger partial charge in [-0.15, -0.1) is 0 Å². The van der Waals surface area contributed by atoms with Crippen LogP contribution in [0.2, 0.25) is 0 Å². The third-order valence-corrected chi connectivity index (χ3v) is 3.84. The highest BCUT2D eigenvalue weighted by molar-refractivity contribution is 5.33. The fourth-order valence-electron chi connectivity index (χ4n) is 1.81. The van der Waals surface area contributed by atoms with E-state index < -0.39 is 17.7 Å². The SMILES string of the molecule is C=C(/C=C(\C=C(/C(C)CC)C(F)(F)F)CC)C(C)CC. The highest BCUT2D eigenvalue weighted by atomic mass is 19.4. The van der Waals surface area contributed by atoms with Gasteiger partial charge in [-0.05, 0) is 36.7 Å². The minimum atomic E-state index is -4.26. The largest absolute Gasteiger partial charge is 0.412 e.